The Bertz CT molecular complexity index is 680. The average molecular weight is 301 g/mol. The third-order valence-electron chi connectivity index (χ3n) is 2.73. The predicted octanol–water partition coefficient (Wildman–Crippen LogP) is 3.37. The summed E-state index contributed by atoms with van der Waals surface area (Å²) >= 11 is 12.1. The molecule has 0 spiro atoms. The van der Waals surface area contributed by atoms with Crippen LogP contribution in [0, 0.1) is 5.92 Å². The Morgan fingerprint density at radius 3 is 2.63 bits per heavy atom. The molecule has 4 nitrogen and oxygen atoms in total. The van der Waals surface area contributed by atoms with Crippen LogP contribution in [0.3, 0.4) is 0 Å². The van der Waals surface area contributed by atoms with Gasteiger partial charge in [-0.2, -0.15) is 0 Å². The van der Waals surface area contributed by atoms with Gasteiger partial charge < -0.3 is 4.74 Å². The maximum Gasteiger partial charge on any atom is 0.262 e. The number of halogens is 2. The van der Waals surface area contributed by atoms with Gasteiger partial charge in [-0.05, 0) is 12.0 Å². The van der Waals surface area contributed by atoms with Crippen molar-refractivity contribution in [3.05, 3.63) is 32.8 Å². The minimum atomic E-state index is -0.182. The van der Waals surface area contributed by atoms with Crippen molar-refractivity contribution in [2.45, 2.75) is 20.4 Å². The molecule has 1 aromatic carbocycles. The number of methoxy groups -OCH3 is 1. The number of hydrogen-bond donors (Lipinski definition) is 0. The minimum Gasteiger partial charge on any atom is -0.493 e. The fraction of sp³-hybridized carbons (Fsp3) is 0.385. The van der Waals surface area contributed by atoms with E-state index in [2.05, 4.69) is 4.98 Å². The molecule has 0 radical (unpaired) electrons. The summed E-state index contributed by atoms with van der Waals surface area (Å²) in [5, 5.41) is 0.969. The zero-order chi connectivity index (χ0) is 14.2. The maximum absolute atomic E-state index is 12.4. The number of hydrogen-bond acceptors (Lipinski definition) is 3. The molecular weight excluding hydrogens is 287 g/mol. The van der Waals surface area contributed by atoms with E-state index in [1.807, 2.05) is 13.8 Å². The quantitative estimate of drug-likeness (QED) is 0.873. The molecule has 0 atom stereocenters. The summed E-state index contributed by atoms with van der Waals surface area (Å²) in [6, 6.07) is 1.51. The molecule has 6 heteroatoms. The fourth-order valence-corrected chi connectivity index (χ4v) is 2.57. The van der Waals surface area contributed by atoms with E-state index in [0.717, 1.165) is 0 Å². The normalized spacial score (nSPS) is 11.3. The second-order valence-electron chi connectivity index (χ2n) is 4.69. The van der Waals surface area contributed by atoms with Crippen molar-refractivity contribution in [1.82, 2.24) is 9.55 Å². The lowest BCUT2D eigenvalue weighted by atomic mass is 10.2. The summed E-state index contributed by atoms with van der Waals surface area (Å²) in [6.45, 7) is 4.64. The summed E-state index contributed by atoms with van der Waals surface area (Å²) in [5.41, 5.74) is 0.212. The number of fused-ring (bicyclic) bond motifs is 1. The lowest BCUT2D eigenvalue weighted by molar-refractivity contribution is 0.418. The Morgan fingerprint density at radius 1 is 1.37 bits per heavy atom. The third-order valence-corrected chi connectivity index (χ3v) is 3.31. The highest BCUT2D eigenvalue weighted by Gasteiger charge is 2.16. The summed E-state index contributed by atoms with van der Waals surface area (Å²) < 4.78 is 6.74. The van der Waals surface area contributed by atoms with Gasteiger partial charge in [-0.15, -0.1) is 0 Å². The molecule has 0 amide bonds. The van der Waals surface area contributed by atoms with Gasteiger partial charge in [0.15, 0.2) is 5.75 Å². The van der Waals surface area contributed by atoms with E-state index in [1.54, 1.807) is 4.57 Å². The number of aromatic nitrogens is 2. The highest BCUT2D eigenvalue weighted by atomic mass is 35.5. The molecule has 0 aliphatic rings. The summed E-state index contributed by atoms with van der Waals surface area (Å²) in [4.78, 5) is 16.7. The fourth-order valence-electron chi connectivity index (χ4n) is 1.96. The van der Waals surface area contributed by atoms with Crippen molar-refractivity contribution in [3.8, 4) is 5.75 Å². The molecule has 0 N–H and O–H groups in total. The first kappa shape index (κ1) is 14.2. The van der Waals surface area contributed by atoms with E-state index in [-0.39, 0.29) is 10.6 Å². The van der Waals surface area contributed by atoms with Gasteiger partial charge in [0.25, 0.3) is 5.56 Å². The molecule has 1 aromatic heterocycles. The van der Waals surface area contributed by atoms with Crippen LogP contribution in [0.5, 0.6) is 5.75 Å². The molecule has 1 heterocycles. The molecule has 102 valence electrons. The van der Waals surface area contributed by atoms with E-state index in [0.29, 0.717) is 34.1 Å². The van der Waals surface area contributed by atoms with Gasteiger partial charge in [-0.25, -0.2) is 4.98 Å². The van der Waals surface area contributed by atoms with Crippen molar-refractivity contribution in [3.63, 3.8) is 0 Å². The van der Waals surface area contributed by atoms with E-state index >= 15 is 0 Å². The van der Waals surface area contributed by atoms with Crippen LogP contribution in [-0.2, 0) is 6.54 Å². The Balaban J connectivity index is 2.80. The van der Waals surface area contributed by atoms with Crippen molar-refractivity contribution in [2.75, 3.05) is 7.11 Å². The average Bonchev–Trinajstić information content (AvgIpc) is 2.32. The van der Waals surface area contributed by atoms with Crippen molar-refractivity contribution < 1.29 is 4.74 Å². The first-order valence-electron chi connectivity index (χ1n) is 5.86. The van der Waals surface area contributed by atoms with Gasteiger partial charge in [-0.3, -0.25) is 9.36 Å². The van der Waals surface area contributed by atoms with Gasteiger partial charge in [0.2, 0.25) is 0 Å². The molecule has 19 heavy (non-hydrogen) atoms. The van der Waals surface area contributed by atoms with Crippen molar-refractivity contribution >= 4 is 34.1 Å². The van der Waals surface area contributed by atoms with Crippen LogP contribution in [-0.4, -0.2) is 16.7 Å². The van der Waals surface area contributed by atoms with Crippen LogP contribution in [0.25, 0.3) is 10.9 Å². The van der Waals surface area contributed by atoms with Gasteiger partial charge in [0, 0.05) is 6.54 Å². The number of rotatable bonds is 3. The summed E-state index contributed by atoms with van der Waals surface area (Å²) in [5.74, 6) is 0.708. The first-order valence-corrected chi connectivity index (χ1v) is 6.62. The van der Waals surface area contributed by atoms with Crippen LogP contribution in [0.15, 0.2) is 17.2 Å². The van der Waals surface area contributed by atoms with Gasteiger partial charge in [0.1, 0.15) is 5.52 Å². The molecule has 0 saturated heterocycles. The Labute approximate surface area is 120 Å². The largest absolute Gasteiger partial charge is 0.493 e. The molecule has 0 saturated carbocycles. The molecular formula is C13H14Cl2N2O2. The third kappa shape index (κ3) is 2.55. The van der Waals surface area contributed by atoms with Crippen LogP contribution >= 0.6 is 23.2 Å². The predicted molar refractivity (Wildman–Crippen MR) is 77.4 cm³/mol. The van der Waals surface area contributed by atoms with Crippen LogP contribution in [0.2, 0.25) is 10.0 Å². The SMILES string of the molecule is COc1c(Cl)cc(Cl)c2c(=O)n(CC(C)C)cnc12. The second-order valence-corrected chi connectivity index (χ2v) is 5.51. The van der Waals surface area contributed by atoms with E-state index in [1.165, 1.54) is 19.5 Å². The van der Waals surface area contributed by atoms with Crippen molar-refractivity contribution in [1.29, 1.82) is 0 Å². The van der Waals surface area contributed by atoms with Crippen molar-refractivity contribution in [2.24, 2.45) is 5.92 Å². The van der Waals surface area contributed by atoms with Crippen LogP contribution in [0.1, 0.15) is 13.8 Å². The molecule has 2 aromatic rings. The monoisotopic (exact) mass is 300 g/mol. The van der Waals surface area contributed by atoms with E-state index in [4.69, 9.17) is 27.9 Å². The topological polar surface area (TPSA) is 44.1 Å². The Morgan fingerprint density at radius 2 is 2.05 bits per heavy atom. The maximum atomic E-state index is 12.4. The Kier molecular flexibility index (Phi) is 4.02. The minimum absolute atomic E-state index is 0.182. The highest BCUT2D eigenvalue weighted by molar-refractivity contribution is 6.39. The van der Waals surface area contributed by atoms with E-state index < -0.39 is 0 Å². The zero-order valence-electron chi connectivity index (χ0n) is 10.9. The molecule has 0 aliphatic heterocycles. The van der Waals surface area contributed by atoms with Crippen LogP contribution < -0.4 is 10.3 Å². The number of benzene rings is 1. The second kappa shape index (κ2) is 5.39. The zero-order valence-corrected chi connectivity index (χ0v) is 12.4. The van der Waals surface area contributed by atoms with Gasteiger partial charge in [-0.1, -0.05) is 37.0 Å². The lowest BCUT2D eigenvalue weighted by Gasteiger charge is -2.12. The molecule has 0 aliphatic carbocycles. The molecule has 0 unspecified atom stereocenters. The smallest absolute Gasteiger partial charge is 0.262 e. The molecule has 0 fully saturated rings. The van der Waals surface area contributed by atoms with Gasteiger partial charge >= 0.3 is 0 Å². The number of ether oxygens (including phenoxy) is 1. The summed E-state index contributed by atoms with van der Waals surface area (Å²) in [7, 11) is 1.48. The standard InChI is InChI=1S/C13H14Cl2N2O2/c1-7(2)5-17-6-16-11-10(13(17)18)8(14)4-9(15)12(11)19-3/h4,6-7H,5H2,1-3H3. The Hall–Kier alpha value is -1.26. The lowest BCUT2D eigenvalue weighted by Crippen LogP contribution is -2.23. The molecule has 0 bridgehead atoms. The highest BCUT2D eigenvalue weighted by Crippen LogP contribution is 2.35. The first-order chi connectivity index (χ1) is 8.95. The van der Waals surface area contributed by atoms with E-state index in [9.17, 15) is 4.79 Å². The number of nitrogens with zero attached hydrogens (tertiary/aromatic N) is 2. The molecule has 2 rings (SSSR count). The van der Waals surface area contributed by atoms with Gasteiger partial charge in [0.05, 0.1) is 28.9 Å². The van der Waals surface area contributed by atoms with Crippen LogP contribution in [0.4, 0.5) is 0 Å². The summed E-state index contributed by atoms with van der Waals surface area (Å²) in [6.07, 6.45) is 1.50.